The Bertz CT molecular complexity index is 305. The average Bonchev–Trinajstić information content (AvgIpc) is 2.24. The van der Waals surface area contributed by atoms with Crippen molar-refractivity contribution in [3.05, 3.63) is 0 Å². The summed E-state index contributed by atoms with van der Waals surface area (Å²) < 4.78 is 0. The molecule has 0 bridgehead atoms. The Hall–Kier alpha value is -0.0300. The van der Waals surface area contributed by atoms with Crippen molar-refractivity contribution in [2.45, 2.75) is 57.5 Å². The first-order chi connectivity index (χ1) is 8.17. The first kappa shape index (κ1) is 22.3. The molecule has 1 aliphatic rings. The summed E-state index contributed by atoms with van der Waals surface area (Å²) >= 11 is 0. The Balaban J connectivity index is 0. The molecule has 20 heavy (non-hydrogen) atoms. The Kier molecular flexibility index (Phi) is 9.37. The molecule has 2 atom stereocenters. The van der Waals surface area contributed by atoms with Gasteiger partial charge < -0.3 is 16.0 Å². The number of rotatable bonds is 4. The van der Waals surface area contributed by atoms with Gasteiger partial charge in [0.05, 0.1) is 5.54 Å². The van der Waals surface area contributed by atoms with Crippen molar-refractivity contribution in [2.24, 2.45) is 11.7 Å². The molecule has 1 saturated carbocycles. The molecule has 0 radical (unpaired) electrons. The lowest BCUT2D eigenvalue weighted by Crippen LogP contribution is -2.58. The fourth-order valence-corrected chi connectivity index (χ4v) is 2.83. The fraction of sp³-hybridized carbons (Fsp3) is 0.929. The topological polar surface area (TPSA) is 58.4 Å². The summed E-state index contributed by atoms with van der Waals surface area (Å²) in [5.41, 5.74) is 5.11. The van der Waals surface area contributed by atoms with E-state index in [4.69, 9.17) is 5.73 Å². The number of nitrogens with zero attached hydrogens (tertiary/aromatic N) is 1. The molecule has 1 amide bonds. The van der Waals surface area contributed by atoms with E-state index in [0.29, 0.717) is 6.54 Å². The Morgan fingerprint density at radius 2 is 1.95 bits per heavy atom. The van der Waals surface area contributed by atoms with Gasteiger partial charge in [0.2, 0.25) is 5.91 Å². The van der Waals surface area contributed by atoms with Crippen LogP contribution in [0.5, 0.6) is 0 Å². The van der Waals surface area contributed by atoms with E-state index in [2.05, 4.69) is 31.2 Å². The number of carbonyl (C=O) groups excluding carboxylic acids is 1. The summed E-state index contributed by atoms with van der Waals surface area (Å²) in [7, 11) is 4.22. The minimum atomic E-state index is -0.798. The lowest BCUT2D eigenvalue weighted by molar-refractivity contribution is -0.126. The van der Waals surface area contributed by atoms with Crippen molar-refractivity contribution < 1.29 is 4.79 Å². The average molecular weight is 328 g/mol. The van der Waals surface area contributed by atoms with Crippen molar-refractivity contribution in [1.29, 1.82) is 0 Å². The van der Waals surface area contributed by atoms with Crippen LogP contribution in [-0.2, 0) is 4.79 Å². The maximum atomic E-state index is 11.9. The standard InChI is InChI=1S/C14H29N3O.2ClH/c1-11-7-6-8-14(9-11,17(4)5)10-16-12(18)13(2,3)15;;/h11H,6-10,15H2,1-5H3,(H,16,18);2*1H. The second kappa shape index (κ2) is 8.42. The zero-order valence-electron chi connectivity index (χ0n) is 13.4. The van der Waals surface area contributed by atoms with Crippen molar-refractivity contribution in [3.63, 3.8) is 0 Å². The van der Waals surface area contributed by atoms with Crippen molar-refractivity contribution in [1.82, 2.24) is 10.2 Å². The van der Waals surface area contributed by atoms with Crippen LogP contribution in [0, 0.1) is 5.92 Å². The molecule has 1 rings (SSSR count). The third-order valence-corrected chi connectivity index (χ3v) is 4.18. The van der Waals surface area contributed by atoms with Crippen LogP contribution in [0.25, 0.3) is 0 Å². The lowest BCUT2D eigenvalue weighted by Gasteiger charge is -2.45. The van der Waals surface area contributed by atoms with E-state index in [-0.39, 0.29) is 36.3 Å². The van der Waals surface area contributed by atoms with Crippen molar-refractivity contribution >= 4 is 30.7 Å². The van der Waals surface area contributed by atoms with E-state index in [9.17, 15) is 4.79 Å². The zero-order chi connectivity index (χ0) is 14.0. The van der Waals surface area contributed by atoms with Crippen LogP contribution in [-0.4, -0.2) is 42.5 Å². The third-order valence-electron chi connectivity index (χ3n) is 4.18. The molecular formula is C14H31Cl2N3O. The van der Waals surface area contributed by atoms with Gasteiger partial charge in [-0.05, 0) is 46.7 Å². The lowest BCUT2D eigenvalue weighted by atomic mass is 9.75. The quantitative estimate of drug-likeness (QED) is 0.832. The first-order valence-electron chi connectivity index (χ1n) is 6.92. The molecule has 0 aromatic rings. The molecule has 1 aliphatic carbocycles. The van der Waals surface area contributed by atoms with E-state index in [1.807, 2.05) is 0 Å². The molecule has 0 aromatic heterocycles. The van der Waals surface area contributed by atoms with Gasteiger partial charge in [-0.2, -0.15) is 0 Å². The number of halogens is 2. The highest BCUT2D eigenvalue weighted by Gasteiger charge is 2.37. The summed E-state index contributed by atoms with van der Waals surface area (Å²) in [5, 5.41) is 3.03. The second-order valence-corrected chi connectivity index (χ2v) is 6.72. The largest absolute Gasteiger partial charge is 0.353 e. The van der Waals surface area contributed by atoms with Crippen molar-refractivity contribution in [3.8, 4) is 0 Å². The van der Waals surface area contributed by atoms with Crippen LogP contribution in [0.1, 0.15) is 46.5 Å². The van der Waals surface area contributed by atoms with Gasteiger partial charge in [0.1, 0.15) is 0 Å². The summed E-state index contributed by atoms with van der Waals surface area (Å²) in [4.78, 5) is 14.2. The van der Waals surface area contributed by atoms with E-state index < -0.39 is 5.54 Å². The molecular weight excluding hydrogens is 297 g/mol. The van der Waals surface area contributed by atoms with Crippen LogP contribution in [0.3, 0.4) is 0 Å². The van der Waals surface area contributed by atoms with Crippen LogP contribution in [0.15, 0.2) is 0 Å². The third kappa shape index (κ3) is 5.76. The molecule has 0 aromatic carbocycles. The maximum Gasteiger partial charge on any atom is 0.239 e. The van der Waals surface area contributed by atoms with Gasteiger partial charge in [-0.15, -0.1) is 24.8 Å². The maximum absolute atomic E-state index is 11.9. The van der Waals surface area contributed by atoms with Gasteiger partial charge in [-0.25, -0.2) is 0 Å². The molecule has 3 N–H and O–H groups in total. The molecule has 6 heteroatoms. The van der Waals surface area contributed by atoms with Crippen LogP contribution in [0.2, 0.25) is 0 Å². The van der Waals surface area contributed by atoms with E-state index in [1.54, 1.807) is 13.8 Å². The number of hydrogen-bond donors (Lipinski definition) is 2. The van der Waals surface area contributed by atoms with Gasteiger partial charge in [0, 0.05) is 12.1 Å². The first-order valence-corrected chi connectivity index (χ1v) is 6.92. The normalized spacial score (nSPS) is 26.4. The monoisotopic (exact) mass is 327 g/mol. The highest BCUT2D eigenvalue weighted by molar-refractivity contribution is 5.86. The van der Waals surface area contributed by atoms with Crippen molar-refractivity contribution in [2.75, 3.05) is 20.6 Å². The minimum Gasteiger partial charge on any atom is -0.353 e. The number of likely N-dealkylation sites (N-methyl/N-ethyl adjacent to an activating group) is 1. The summed E-state index contributed by atoms with van der Waals surface area (Å²) in [6, 6.07) is 0. The summed E-state index contributed by atoms with van der Waals surface area (Å²) in [5.74, 6) is 0.658. The smallest absolute Gasteiger partial charge is 0.239 e. The number of hydrogen-bond acceptors (Lipinski definition) is 3. The van der Waals surface area contributed by atoms with E-state index >= 15 is 0 Å². The van der Waals surface area contributed by atoms with Crippen LogP contribution in [0.4, 0.5) is 0 Å². The SMILES string of the molecule is CC1CCCC(CNC(=O)C(C)(C)N)(N(C)C)C1.Cl.Cl. The summed E-state index contributed by atoms with van der Waals surface area (Å²) in [6.45, 7) is 6.48. The molecule has 1 fully saturated rings. The predicted octanol–water partition coefficient (Wildman–Crippen LogP) is 2.19. The van der Waals surface area contributed by atoms with E-state index in [0.717, 1.165) is 18.8 Å². The highest BCUT2D eigenvalue weighted by Crippen LogP contribution is 2.35. The number of amides is 1. The van der Waals surface area contributed by atoms with Gasteiger partial charge in [-0.1, -0.05) is 19.8 Å². The molecule has 0 saturated heterocycles. The molecule has 2 unspecified atom stereocenters. The summed E-state index contributed by atoms with van der Waals surface area (Å²) in [6.07, 6.45) is 4.83. The highest BCUT2D eigenvalue weighted by atomic mass is 35.5. The van der Waals surface area contributed by atoms with E-state index in [1.165, 1.54) is 12.8 Å². The Morgan fingerprint density at radius 1 is 1.40 bits per heavy atom. The molecule has 0 heterocycles. The number of carbonyl (C=O) groups is 1. The van der Waals surface area contributed by atoms with Gasteiger partial charge in [-0.3, -0.25) is 4.79 Å². The fourth-order valence-electron chi connectivity index (χ4n) is 2.83. The van der Waals surface area contributed by atoms with Gasteiger partial charge in [0.25, 0.3) is 0 Å². The van der Waals surface area contributed by atoms with Crippen LogP contribution >= 0.6 is 24.8 Å². The predicted molar refractivity (Wildman–Crippen MR) is 89.8 cm³/mol. The number of nitrogens with two attached hydrogens (primary N) is 1. The molecule has 0 aliphatic heterocycles. The second-order valence-electron chi connectivity index (χ2n) is 6.72. The zero-order valence-corrected chi connectivity index (χ0v) is 15.0. The Morgan fingerprint density at radius 3 is 2.35 bits per heavy atom. The number of nitrogens with one attached hydrogen (secondary N) is 1. The van der Waals surface area contributed by atoms with Crippen LogP contribution < -0.4 is 11.1 Å². The Labute approximate surface area is 136 Å². The minimum absolute atomic E-state index is 0. The van der Waals surface area contributed by atoms with Gasteiger partial charge >= 0.3 is 0 Å². The molecule has 4 nitrogen and oxygen atoms in total. The molecule has 122 valence electrons. The van der Waals surface area contributed by atoms with Gasteiger partial charge in [0.15, 0.2) is 0 Å². The molecule has 0 spiro atoms.